The van der Waals surface area contributed by atoms with Gasteiger partial charge in [0.05, 0.1) is 6.54 Å². The summed E-state index contributed by atoms with van der Waals surface area (Å²) in [7, 11) is 0. The number of hydrogen-bond acceptors (Lipinski definition) is 2. The summed E-state index contributed by atoms with van der Waals surface area (Å²) in [5, 5.41) is 6.42. The van der Waals surface area contributed by atoms with Gasteiger partial charge in [0, 0.05) is 31.2 Å². The molecule has 1 fully saturated rings. The van der Waals surface area contributed by atoms with Crippen LogP contribution in [0.15, 0.2) is 29.3 Å². The summed E-state index contributed by atoms with van der Waals surface area (Å²) >= 11 is 0. The highest BCUT2D eigenvalue weighted by Crippen LogP contribution is 2.16. The first-order valence-corrected chi connectivity index (χ1v) is 9.96. The van der Waals surface area contributed by atoms with Crippen LogP contribution < -0.4 is 10.6 Å². The zero-order valence-electron chi connectivity index (χ0n) is 17.1. The lowest BCUT2D eigenvalue weighted by Gasteiger charge is -2.33. The van der Waals surface area contributed by atoms with E-state index in [1.807, 2.05) is 31.2 Å². The summed E-state index contributed by atoms with van der Waals surface area (Å²) in [5.41, 5.74) is 1.76. The minimum Gasteiger partial charge on any atom is -0.357 e. The van der Waals surface area contributed by atoms with Crippen molar-refractivity contribution < 1.29 is 4.79 Å². The van der Waals surface area contributed by atoms with Crippen molar-refractivity contribution in [2.45, 2.75) is 59.5 Å². The number of carbonyl (C=O) groups is 1. The number of aliphatic imine (C=N–C) groups is 1. The van der Waals surface area contributed by atoms with E-state index < -0.39 is 0 Å². The van der Waals surface area contributed by atoms with Gasteiger partial charge in [-0.3, -0.25) is 4.79 Å². The van der Waals surface area contributed by atoms with Gasteiger partial charge in [0.2, 0.25) is 0 Å². The number of likely N-dealkylation sites (tertiary alicyclic amines) is 1. The topological polar surface area (TPSA) is 56.7 Å². The number of benzene rings is 1. The summed E-state index contributed by atoms with van der Waals surface area (Å²) in [6.45, 7) is 12.1. The second-order valence-electron chi connectivity index (χ2n) is 7.32. The van der Waals surface area contributed by atoms with E-state index in [1.54, 1.807) is 0 Å². The monoisotopic (exact) mass is 486 g/mol. The van der Waals surface area contributed by atoms with Gasteiger partial charge < -0.3 is 15.5 Å². The van der Waals surface area contributed by atoms with Crippen LogP contribution in [0.2, 0.25) is 0 Å². The number of guanidine groups is 1. The predicted octanol–water partition coefficient (Wildman–Crippen LogP) is 4.03. The van der Waals surface area contributed by atoms with Crippen molar-refractivity contribution in [3.8, 4) is 0 Å². The van der Waals surface area contributed by atoms with E-state index in [0.717, 1.165) is 43.5 Å². The maximum atomic E-state index is 12.3. The molecule has 6 heteroatoms. The third-order valence-corrected chi connectivity index (χ3v) is 5.01. The zero-order valence-corrected chi connectivity index (χ0v) is 19.5. The molecule has 0 radical (unpaired) electrons. The highest BCUT2D eigenvalue weighted by molar-refractivity contribution is 14.0. The van der Waals surface area contributed by atoms with Crippen molar-refractivity contribution in [3.63, 3.8) is 0 Å². The molecule has 27 heavy (non-hydrogen) atoms. The summed E-state index contributed by atoms with van der Waals surface area (Å²) in [5.74, 6) is 1.77. The Hall–Kier alpha value is -1.31. The molecule has 1 unspecified atom stereocenters. The minimum absolute atomic E-state index is 0. The summed E-state index contributed by atoms with van der Waals surface area (Å²) in [6, 6.07) is 7.97. The number of halogens is 1. The van der Waals surface area contributed by atoms with E-state index in [-0.39, 0.29) is 35.9 Å². The fourth-order valence-electron chi connectivity index (χ4n) is 3.03. The normalized spacial score (nSPS) is 16.4. The van der Waals surface area contributed by atoms with Crippen LogP contribution in [-0.4, -0.2) is 42.4 Å². The van der Waals surface area contributed by atoms with E-state index in [4.69, 9.17) is 4.99 Å². The Labute approximate surface area is 181 Å². The second-order valence-corrected chi connectivity index (χ2v) is 7.32. The van der Waals surface area contributed by atoms with Crippen LogP contribution in [-0.2, 0) is 6.54 Å². The summed E-state index contributed by atoms with van der Waals surface area (Å²) in [6.07, 6.45) is 3.36. The lowest BCUT2D eigenvalue weighted by molar-refractivity contribution is 0.0939. The third kappa shape index (κ3) is 7.68. The van der Waals surface area contributed by atoms with Gasteiger partial charge in [-0.2, -0.15) is 0 Å². The fraction of sp³-hybridized carbons (Fsp3) is 0.619. The number of nitrogens with zero attached hydrogens (tertiary/aromatic N) is 2. The molecule has 0 bridgehead atoms. The molecular weight excluding hydrogens is 451 g/mol. The first-order valence-electron chi connectivity index (χ1n) is 9.96. The summed E-state index contributed by atoms with van der Waals surface area (Å²) in [4.78, 5) is 19.5. The van der Waals surface area contributed by atoms with Crippen molar-refractivity contribution in [1.82, 2.24) is 15.5 Å². The first kappa shape index (κ1) is 23.7. The lowest BCUT2D eigenvalue weighted by Crippen LogP contribution is -2.45. The number of nitrogens with one attached hydrogen (secondary N) is 2. The van der Waals surface area contributed by atoms with Gasteiger partial charge in [0.25, 0.3) is 5.91 Å². The standard InChI is InChI=1S/C21H34N4O.HI/c1-5-17(4)24-20(26)19-9-7-8-18(14-19)15-23-21(22-6-2)25-12-10-16(3)11-13-25;/h7-9,14,16-17H,5-6,10-13,15H2,1-4H3,(H,22,23)(H,24,26);1H. The number of hydrogen-bond donors (Lipinski definition) is 2. The van der Waals surface area contributed by atoms with Crippen molar-refractivity contribution in [1.29, 1.82) is 0 Å². The quantitative estimate of drug-likeness (QED) is 0.363. The minimum atomic E-state index is -0.0119. The van der Waals surface area contributed by atoms with Gasteiger partial charge in [-0.05, 0) is 56.7 Å². The molecule has 2 N–H and O–H groups in total. The average Bonchev–Trinajstić information content (AvgIpc) is 2.66. The van der Waals surface area contributed by atoms with E-state index >= 15 is 0 Å². The van der Waals surface area contributed by atoms with Crippen molar-refractivity contribution in [3.05, 3.63) is 35.4 Å². The van der Waals surface area contributed by atoms with Crippen molar-refractivity contribution in [2.24, 2.45) is 10.9 Å². The van der Waals surface area contributed by atoms with Crippen LogP contribution in [0.3, 0.4) is 0 Å². The van der Waals surface area contributed by atoms with Crippen LogP contribution in [0.5, 0.6) is 0 Å². The molecule has 1 aliphatic heterocycles. The highest BCUT2D eigenvalue weighted by atomic mass is 127. The van der Waals surface area contributed by atoms with E-state index in [0.29, 0.717) is 12.1 Å². The molecule has 0 spiro atoms. The average molecular weight is 486 g/mol. The molecule has 1 aromatic carbocycles. The van der Waals surface area contributed by atoms with E-state index in [2.05, 4.69) is 36.3 Å². The molecule has 1 amide bonds. The maximum absolute atomic E-state index is 12.3. The Bertz CT molecular complexity index is 612. The maximum Gasteiger partial charge on any atom is 0.251 e. The molecular formula is C21H35IN4O. The molecule has 1 aromatic rings. The van der Waals surface area contributed by atoms with E-state index in [9.17, 15) is 4.79 Å². The van der Waals surface area contributed by atoms with Crippen LogP contribution in [0, 0.1) is 5.92 Å². The van der Waals surface area contributed by atoms with Crippen molar-refractivity contribution >= 4 is 35.8 Å². The number of piperidine rings is 1. The second kappa shape index (κ2) is 12.2. The molecule has 1 aliphatic rings. The van der Waals surface area contributed by atoms with Gasteiger partial charge >= 0.3 is 0 Å². The van der Waals surface area contributed by atoms with Crippen LogP contribution in [0.1, 0.15) is 62.9 Å². The molecule has 1 saturated heterocycles. The van der Waals surface area contributed by atoms with Gasteiger partial charge in [-0.15, -0.1) is 24.0 Å². The molecule has 1 atom stereocenters. The Morgan fingerprint density at radius 3 is 2.63 bits per heavy atom. The van der Waals surface area contributed by atoms with Crippen LogP contribution in [0.25, 0.3) is 0 Å². The molecule has 0 aliphatic carbocycles. The van der Waals surface area contributed by atoms with Gasteiger partial charge in [-0.1, -0.05) is 26.0 Å². The largest absolute Gasteiger partial charge is 0.357 e. The number of amides is 1. The predicted molar refractivity (Wildman–Crippen MR) is 124 cm³/mol. The summed E-state index contributed by atoms with van der Waals surface area (Å²) < 4.78 is 0. The number of rotatable bonds is 6. The van der Waals surface area contributed by atoms with E-state index in [1.165, 1.54) is 12.8 Å². The van der Waals surface area contributed by atoms with Gasteiger partial charge in [0.1, 0.15) is 0 Å². The Morgan fingerprint density at radius 1 is 1.30 bits per heavy atom. The van der Waals surface area contributed by atoms with Crippen molar-refractivity contribution in [2.75, 3.05) is 19.6 Å². The number of carbonyl (C=O) groups excluding carboxylic acids is 1. The van der Waals surface area contributed by atoms with Gasteiger partial charge in [-0.25, -0.2) is 4.99 Å². The van der Waals surface area contributed by atoms with Crippen LogP contribution in [0.4, 0.5) is 0 Å². The lowest BCUT2D eigenvalue weighted by atomic mass is 10.00. The van der Waals surface area contributed by atoms with Crippen LogP contribution >= 0.6 is 24.0 Å². The Kier molecular flexibility index (Phi) is 10.7. The molecule has 2 rings (SSSR count). The molecule has 152 valence electrons. The molecule has 1 heterocycles. The fourth-order valence-corrected chi connectivity index (χ4v) is 3.03. The zero-order chi connectivity index (χ0) is 18.9. The Morgan fingerprint density at radius 2 is 2.00 bits per heavy atom. The Balaban J connectivity index is 0.00000364. The molecule has 0 saturated carbocycles. The smallest absolute Gasteiger partial charge is 0.251 e. The molecule has 5 nitrogen and oxygen atoms in total. The molecule has 0 aromatic heterocycles. The SMILES string of the molecule is CCNC(=NCc1cccc(C(=O)NC(C)CC)c1)N1CCC(C)CC1.I. The third-order valence-electron chi connectivity index (χ3n) is 5.01. The van der Waals surface area contributed by atoms with Gasteiger partial charge in [0.15, 0.2) is 5.96 Å². The first-order chi connectivity index (χ1) is 12.5. The highest BCUT2D eigenvalue weighted by Gasteiger charge is 2.18.